The molecule has 1 aliphatic heterocycles. The number of rotatable bonds is 6. The first-order chi connectivity index (χ1) is 14.2. The Bertz CT molecular complexity index is 956. The van der Waals surface area contributed by atoms with E-state index in [1.807, 2.05) is 6.07 Å². The second kappa shape index (κ2) is 8.48. The van der Waals surface area contributed by atoms with Gasteiger partial charge in [0.25, 0.3) is 0 Å². The minimum Gasteiger partial charge on any atom is -0.462 e. The molecule has 0 amide bonds. The van der Waals surface area contributed by atoms with E-state index in [1.165, 1.54) is 14.0 Å². The Morgan fingerprint density at radius 3 is 2.60 bits per heavy atom. The first kappa shape index (κ1) is 21.8. The molecule has 0 saturated heterocycles. The molecule has 9 heteroatoms. The van der Waals surface area contributed by atoms with Crippen molar-refractivity contribution in [1.82, 2.24) is 5.32 Å². The maximum Gasteiger partial charge on any atom is 0.416 e. The summed E-state index contributed by atoms with van der Waals surface area (Å²) in [6.07, 6.45) is -3.06. The number of hydrogen-bond donors (Lipinski definition) is 1. The third kappa shape index (κ3) is 4.49. The summed E-state index contributed by atoms with van der Waals surface area (Å²) in [6, 6.07) is 4.09. The summed E-state index contributed by atoms with van der Waals surface area (Å²) in [4.78, 5) is 12.9. The summed E-state index contributed by atoms with van der Waals surface area (Å²) in [5, 5.41) is 12.6. The van der Waals surface area contributed by atoms with Gasteiger partial charge in [0, 0.05) is 12.8 Å². The number of alkyl halides is 3. The number of ether oxygens (including phenoxy) is 2. The van der Waals surface area contributed by atoms with Crippen LogP contribution in [0.5, 0.6) is 0 Å². The standard InChI is InChI=1S/C21H20F4N2O3/c1-11-15(8-26)18(14-6-5-13(22)7-16(14)21(23,24)25)19(17(27-11)10-29-2)20(28)30-9-12-3-4-12/h5-7,12,18,27H,3-4,9-10H2,1-2H3. The molecule has 2 aliphatic rings. The van der Waals surface area contributed by atoms with Gasteiger partial charge in [-0.05, 0) is 43.4 Å². The minimum absolute atomic E-state index is 0.0784. The van der Waals surface area contributed by atoms with Crippen molar-refractivity contribution in [1.29, 1.82) is 5.26 Å². The molecule has 1 heterocycles. The molecule has 30 heavy (non-hydrogen) atoms. The molecule has 0 aromatic heterocycles. The van der Waals surface area contributed by atoms with E-state index in [4.69, 9.17) is 9.47 Å². The number of nitrogens with one attached hydrogen (secondary N) is 1. The Morgan fingerprint density at radius 2 is 2.03 bits per heavy atom. The molecule has 1 aromatic carbocycles. The highest BCUT2D eigenvalue weighted by molar-refractivity contribution is 5.93. The van der Waals surface area contributed by atoms with Crippen LogP contribution in [0, 0.1) is 23.1 Å². The summed E-state index contributed by atoms with van der Waals surface area (Å²) in [7, 11) is 1.37. The van der Waals surface area contributed by atoms with Crippen molar-refractivity contribution in [3.8, 4) is 6.07 Å². The molecule has 1 unspecified atom stereocenters. The van der Waals surface area contributed by atoms with E-state index in [2.05, 4.69) is 5.32 Å². The summed E-state index contributed by atoms with van der Waals surface area (Å²) in [5.41, 5.74) is -1.38. The fourth-order valence-corrected chi connectivity index (χ4v) is 3.44. The van der Waals surface area contributed by atoms with E-state index in [1.54, 1.807) is 0 Å². The molecule has 0 spiro atoms. The van der Waals surface area contributed by atoms with Gasteiger partial charge in [0.2, 0.25) is 0 Å². The highest BCUT2D eigenvalue weighted by Crippen LogP contribution is 2.44. The zero-order chi connectivity index (χ0) is 22.1. The molecule has 3 rings (SSSR count). The normalized spacial score (nSPS) is 19.4. The summed E-state index contributed by atoms with van der Waals surface area (Å²) in [6.45, 7) is 1.56. The van der Waals surface area contributed by atoms with Crippen molar-refractivity contribution in [2.24, 2.45) is 5.92 Å². The fourth-order valence-electron chi connectivity index (χ4n) is 3.44. The van der Waals surface area contributed by atoms with Gasteiger partial charge in [0.15, 0.2) is 0 Å². The minimum atomic E-state index is -4.89. The predicted molar refractivity (Wildman–Crippen MR) is 98.2 cm³/mol. The molecular formula is C21H20F4N2O3. The van der Waals surface area contributed by atoms with Gasteiger partial charge in [-0.3, -0.25) is 0 Å². The highest BCUT2D eigenvalue weighted by atomic mass is 19.4. The largest absolute Gasteiger partial charge is 0.462 e. The Balaban J connectivity index is 2.18. The number of carbonyl (C=O) groups excluding carboxylic acids is 1. The van der Waals surface area contributed by atoms with Crippen molar-refractivity contribution in [3.63, 3.8) is 0 Å². The van der Waals surface area contributed by atoms with Crippen LogP contribution in [-0.4, -0.2) is 26.3 Å². The molecule has 1 N–H and O–H groups in total. The lowest BCUT2D eigenvalue weighted by molar-refractivity contribution is -0.141. The predicted octanol–water partition coefficient (Wildman–Crippen LogP) is 4.18. The maximum atomic E-state index is 13.7. The number of dihydropyridines is 1. The second-order valence-corrected chi connectivity index (χ2v) is 7.30. The van der Waals surface area contributed by atoms with Crippen LogP contribution in [0.1, 0.15) is 36.8 Å². The summed E-state index contributed by atoms with van der Waals surface area (Å²) >= 11 is 0. The SMILES string of the molecule is COCC1=C(C(=O)OCC2CC2)C(c2ccc(F)cc2C(F)(F)F)C(C#N)=C(C)N1. The quantitative estimate of drug-likeness (QED) is 0.548. The molecule has 160 valence electrons. The monoisotopic (exact) mass is 424 g/mol. The number of carbonyl (C=O) groups is 1. The van der Waals surface area contributed by atoms with Crippen LogP contribution in [-0.2, 0) is 20.4 Å². The molecule has 1 aliphatic carbocycles. The van der Waals surface area contributed by atoms with Crippen LogP contribution < -0.4 is 5.32 Å². The van der Waals surface area contributed by atoms with Crippen LogP contribution in [0.3, 0.4) is 0 Å². The Morgan fingerprint density at radius 1 is 1.33 bits per heavy atom. The first-order valence-corrected chi connectivity index (χ1v) is 9.31. The lowest BCUT2D eigenvalue weighted by atomic mass is 9.79. The fraction of sp³-hybridized carbons (Fsp3) is 0.429. The van der Waals surface area contributed by atoms with Crippen LogP contribution in [0.4, 0.5) is 17.6 Å². The van der Waals surface area contributed by atoms with Gasteiger partial charge in [-0.1, -0.05) is 6.07 Å². The van der Waals surface area contributed by atoms with E-state index in [0.29, 0.717) is 6.07 Å². The Hall–Kier alpha value is -2.86. The van der Waals surface area contributed by atoms with Gasteiger partial charge in [-0.25, -0.2) is 9.18 Å². The third-order valence-electron chi connectivity index (χ3n) is 5.05. The van der Waals surface area contributed by atoms with Crippen molar-refractivity contribution < 1.29 is 31.8 Å². The number of halogens is 4. The van der Waals surface area contributed by atoms with Gasteiger partial charge < -0.3 is 14.8 Å². The number of methoxy groups -OCH3 is 1. The number of allylic oxidation sites excluding steroid dienone is 2. The topological polar surface area (TPSA) is 71.3 Å². The first-order valence-electron chi connectivity index (χ1n) is 9.31. The molecule has 1 saturated carbocycles. The van der Waals surface area contributed by atoms with Gasteiger partial charge in [0.05, 0.1) is 47.6 Å². The Labute approximate surface area is 171 Å². The van der Waals surface area contributed by atoms with Gasteiger partial charge in [-0.2, -0.15) is 18.4 Å². The molecule has 1 atom stereocenters. The lowest BCUT2D eigenvalue weighted by Crippen LogP contribution is -2.32. The Kier molecular flexibility index (Phi) is 6.17. The van der Waals surface area contributed by atoms with Crippen LogP contribution >= 0.6 is 0 Å². The smallest absolute Gasteiger partial charge is 0.416 e. The van der Waals surface area contributed by atoms with E-state index < -0.39 is 35.0 Å². The maximum absolute atomic E-state index is 13.7. The third-order valence-corrected chi connectivity index (χ3v) is 5.05. The van der Waals surface area contributed by atoms with Crippen molar-refractivity contribution in [2.75, 3.05) is 20.3 Å². The van der Waals surface area contributed by atoms with Crippen molar-refractivity contribution in [3.05, 3.63) is 57.7 Å². The zero-order valence-electron chi connectivity index (χ0n) is 16.4. The average Bonchev–Trinajstić information content (AvgIpc) is 3.50. The van der Waals surface area contributed by atoms with Crippen LogP contribution in [0.2, 0.25) is 0 Å². The van der Waals surface area contributed by atoms with E-state index in [0.717, 1.165) is 25.0 Å². The molecule has 0 bridgehead atoms. The lowest BCUT2D eigenvalue weighted by Gasteiger charge is -2.31. The zero-order valence-corrected chi connectivity index (χ0v) is 16.4. The van der Waals surface area contributed by atoms with Crippen molar-refractivity contribution >= 4 is 5.97 Å². The number of nitriles is 1. The van der Waals surface area contributed by atoms with E-state index in [-0.39, 0.29) is 41.7 Å². The number of benzene rings is 1. The molecule has 1 aromatic rings. The van der Waals surface area contributed by atoms with Crippen LogP contribution in [0.25, 0.3) is 0 Å². The molecular weight excluding hydrogens is 404 g/mol. The van der Waals surface area contributed by atoms with Gasteiger partial charge in [-0.15, -0.1) is 0 Å². The van der Waals surface area contributed by atoms with E-state index in [9.17, 15) is 27.6 Å². The number of hydrogen-bond acceptors (Lipinski definition) is 5. The number of esters is 1. The van der Waals surface area contributed by atoms with Gasteiger partial charge >= 0.3 is 12.1 Å². The van der Waals surface area contributed by atoms with Gasteiger partial charge in [0.1, 0.15) is 5.82 Å². The summed E-state index contributed by atoms with van der Waals surface area (Å²) in [5.74, 6) is -3.03. The van der Waals surface area contributed by atoms with Crippen LogP contribution in [0.15, 0.2) is 40.7 Å². The van der Waals surface area contributed by atoms with E-state index >= 15 is 0 Å². The molecule has 1 fully saturated rings. The summed E-state index contributed by atoms with van der Waals surface area (Å²) < 4.78 is 65.2. The molecule has 5 nitrogen and oxygen atoms in total. The average molecular weight is 424 g/mol. The van der Waals surface area contributed by atoms with Crippen molar-refractivity contribution in [2.45, 2.75) is 31.9 Å². The second-order valence-electron chi connectivity index (χ2n) is 7.30. The highest BCUT2D eigenvalue weighted by Gasteiger charge is 2.42. The number of nitrogens with zero attached hydrogens (tertiary/aromatic N) is 1. The molecule has 0 radical (unpaired) electrons.